The second kappa shape index (κ2) is 10.8. The van der Waals surface area contributed by atoms with Gasteiger partial charge in [-0.3, -0.25) is 9.59 Å². The van der Waals surface area contributed by atoms with Crippen LogP contribution in [0.5, 0.6) is 5.75 Å². The molecule has 0 saturated carbocycles. The lowest BCUT2D eigenvalue weighted by Gasteiger charge is -2.32. The number of hydrogen-bond acceptors (Lipinski definition) is 4. The average Bonchev–Trinajstić information content (AvgIpc) is 2.62. The largest absolute Gasteiger partial charge is 0.491 e. The van der Waals surface area contributed by atoms with Gasteiger partial charge in [-0.15, -0.1) is 0 Å². The smallest absolute Gasteiger partial charge is 0.246 e. The molecular weight excluding hydrogens is 332 g/mol. The third kappa shape index (κ3) is 7.44. The first-order valence-corrected chi connectivity index (χ1v) is 9.37. The number of hydrogen-bond donors (Lipinski definition) is 1. The Hall–Kier alpha value is -2.08. The molecule has 1 aliphatic rings. The quantitative estimate of drug-likeness (QED) is 0.684. The van der Waals surface area contributed by atoms with Crippen molar-refractivity contribution >= 4 is 11.8 Å². The number of amides is 2. The van der Waals surface area contributed by atoms with E-state index in [9.17, 15) is 9.59 Å². The lowest BCUT2D eigenvalue weighted by molar-refractivity contribution is -0.133. The summed E-state index contributed by atoms with van der Waals surface area (Å²) in [6, 6.07) is 9.63. The van der Waals surface area contributed by atoms with Crippen LogP contribution in [0.25, 0.3) is 0 Å². The normalized spacial score (nSPS) is 15.1. The van der Waals surface area contributed by atoms with Crippen LogP contribution in [-0.2, 0) is 14.3 Å². The molecule has 144 valence electrons. The van der Waals surface area contributed by atoms with Crippen molar-refractivity contribution in [2.45, 2.75) is 39.2 Å². The number of likely N-dealkylation sites (tertiary alicyclic amines) is 1. The number of ether oxygens (including phenoxy) is 2. The van der Waals surface area contributed by atoms with Gasteiger partial charge in [0.05, 0.1) is 6.61 Å². The molecule has 26 heavy (non-hydrogen) atoms. The number of piperidine rings is 1. The minimum atomic E-state index is -0.114. The summed E-state index contributed by atoms with van der Waals surface area (Å²) in [5, 5.41) is 2.98. The Kier molecular flexibility index (Phi) is 8.41. The minimum absolute atomic E-state index is 0.0324. The molecule has 1 heterocycles. The summed E-state index contributed by atoms with van der Waals surface area (Å²) < 4.78 is 10.9. The van der Waals surface area contributed by atoms with E-state index in [1.54, 1.807) is 0 Å². The highest BCUT2D eigenvalue weighted by Crippen LogP contribution is 2.13. The zero-order valence-corrected chi connectivity index (χ0v) is 15.8. The Balaban J connectivity index is 1.54. The monoisotopic (exact) mass is 362 g/mol. The number of nitrogens with zero attached hydrogens (tertiary/aromatic N) is 1. The van der Waals surface area contributed by atoms with E-state index < -0.39 is 0 Å². The molecule has 1 fully saturated rings. The predicted molar refractivity (Wildman–Crippen MR) is 100.0 cm³/mol. The fraction of sp³-hybridized carbons (Fsp3) is 0.600. The van der Waals surface area contributed by atoms with Gasteiger partial charge in [0.1, 0.15) is 19.0 Å². The summed E-state index contributed by atoms with van der Waals surface area (Å²) in [5.41, 5.74) is 0. The maximum absolute atomic E-state index is 12.0. The molecule has 2 amide bonds. The summed E-state index contributed by atoms with van der Waals surface area (Å²) >= 11 is 0. The maximum atomic E-state index is 12.0. The van der Waals surface area contributed by atoms with Crippen molar-refractivity contribution in [3.63, 3.8) is 0 Å². The van der Waals surface area contributed by atoms with Gasteiger partial charge in [0.25, 0.3) is 0 Å². The molecule has 6 heteroatoms. The van der Waals surface area contributed by atoms with Crippen LogP contribution in [-0.4, -0.2) is 55.7 Å². The lowest BCUT2D eigenvalue weighted by atomic mass is 10.0. The number of rotatable bonds is 9. The molecule has 0 bridgehead atoms. The van der Waals surface area contributed by atoms with E-state index in [4.69, 9.17) is 9.47 Å². The van der Waals surface area contributed by atoms with Gasteiger partial charge in [-0.25, -0.2) is 0 Å². The third-order valence-electron chi connectivity index (χ3n) is 4.27. The molecule has 6 nitrogen and oxygen atoms in total. The van der Waals surface area contributed by atoms with E-state index in [2.05, 4.69) is 19.2 Å². The number of para-hydroxylation sites is 1. The Morgan fingerprint density at radius 1 is 1.15 bits per heavy atom. The van der Waals surface area contributed by atoms with E-state index in [-0.39, 0.29) is 24.5 Å². The molecule has 0 aromatic heterocycles. The van der Waals surface area contributed by atoms with Crippen molar-refractivity contribution < 1.29 is 19.1 Å². The zero-order valence-electron chi connectivity index (χ0n) is 15.8. The van der Waals surface area contributed by atoms with Crippen LogP contribution in [0.3, 0.4) is 0 Å². The van der Waals surface area contributed by atoms with Crippen molar-refractivity contribution in [2.24, 2.45) is 5.92 Å². The number of carbonyl (C=O) groups excluding carboxylic acids is 2. The van der Waals surface area contributed by atoms with Gasteiger partial charge in [-0.2, -0.15) is 0 Å². The standard InChI is InChI=1S/C20H30N2O4/c1-16(2)14-20(24)22-10-8-17(9-11-22)21-19(23)15-25-12-13-26-18-6-4-3-5-7-18/h3-7,16-17H,8-15H2,1-2H3,(H,21,23). The first-order valence-electron chi connectivity index (χ1n) is 9.37. The van der Waals surface area contributed by atoms with E-state index in [0.29, 0.717) is 38.6 Å². The van der Waals surface area contributed by atoms with E-state index in [1.165, 1.54) is 0 Å². The molecule has 1 aliphatic heterocycles. The van der Waals surface area contributed by atoms with Crippen LogP contribution >= 0.6 is 0 Å². The van der Waals surface area contributed by atoms with Gasteiger partial charge in [0.2, 0.25) is 11.8 Å². The minimum Gasteiger partial charge on any atom is -0.491 e. The summed E-state index contributed by atoms with van der Waals surface area (Å²) in [6.45, 7) is 6.33. The van der Waals surface area contributed by atoms with Crippen LogP contribution in [0, 0.1) is 5.92 Å². The maximum Gasteiger partial charge on any atom is 0.246 e. The molecule has 0 atom stereocenters. The summed E-state index contributed by atoms with van der Waals surface area (Å²) in [6.07, 6.45) is 2.19. The summed E-state index contributed by atoms with van der Waals surface area (Å²) in [5.74, 6) is 1.27. The second-order valence-electron chi connectivity index (χ2n) is 7.03. The number of benzene rings is 1. The highest BCUT2D eigenvalue weighted by molar-refractivity contribution is 5.78. The van der Waals surface area contributed by atoms with Crippen molar-refractivity contribution in [1.29, 1.82) is 0 Å². The molecule has 1 saturated heterocycles. The number of carbonyl (C=O) groups is 2. The molecule has 1 N–H and O–H groups in total. The van der Waals surface area contributed by atoms with Crippen LogP contribution in [0.15, 0.2) is 30.3 Å². The van der Waals surface area contributed by atoms with Gasteiger partial charge < -0.3 is 19.7 Å². The van der Waals surface area contributed by atoms with E-state index in [0.717, 1.165) is 18.6 Å². The molecule has 1 aromatic rings. The highest BCUT2D eigenvalue weighted by Gasteiger charge is 2.23. The van der Waals surface area contributed by atoms with E-state index in [1.807, 2.05) is 35.2 Å². The molecule has 0 radical (unpaired) electrons. The average molecular weight is 362 g/mol. The Morgan fingerprint density at radius 2 is 1.85 bits per heavy atom. The highest BCUT2D eigenvalue weighted by atomic mass is 16.5. The van der Waals surface area contributed by atoms with Gasteiger partial charge in [0, 0.05) is 25.6 Å². The summed E-state index contributed by atoms with van der Waals surface area (Å²) in [7, 11) is 0. The zero-order chi connectivity index (χ0) is 18.8. The fourth-order valence-electron chi connectivity index (χ4n) is 2.92. The predicted octanol–water partition coefficient (Wildman–Crippen LogP) is 2.24. The fourth-order valence-corrected chi connectivity index (χ4v) is 2.92. The first-order chi connectivity index (χ1) is 12.5. The Labute approximate surface area is 155 Å². The van der Waals surface area contributed by atoms with Crippen LogP contribution in [0.1, 0.15) is 33.1 Å². The Bertz CT molecular complexity index is 554. The van der Waals surface area contributed by atoms with Crippen molar-refractivity contribution in [2.75, 3.05) is 32.9 Å². The summed E-state index contributed by atoms with van der Waals surface area (Å²) in [4.78, 5) is 25.9. The molecule has 0 spiro atoms. The molecule has 0 unspecified atom stereocenters. The van der Waals surface area contributed by atoms with Gasteiger partial charge in [-0.1, -0.05) is 32.0 Å². The van der Waals surface area contributed by atoms with Crippen LogP contribution in [0.2, 0.25) is 0 Å². The topological polar surface area (TPSA) is 67.9 Å². The van der Waals surface area contributed by atoms with Crippen LogP contribution < -0.4 is 10.1 Å². The lowest BCUT2D eigenvalue weighted by Crippen LogP contribution is -2.47. The molecule has 1 aromatic carbocycles. The second-order valence-corrected chi connectivity index (χ2v) is 7.03. The van der Waals surface area contributed by atoms with Gasteiger partial charge >= 0.3 is 0 Å². The van der Waals surface area contributed by atoms with Crippen molar-refractivity contribution in [3.05, 3.63) is 30.3 Å². The van der Waals surface area contributed by atoms with Crippen LogP contribution in [0.4, 0.5) is 0 Å². The van der Waals surface area contributed by atoms with Crippen molar-refractivity contribution in [3.8, 4) is 5.75 Å². The van der Waals surface area contributed by atoms with Gasteiger partial charge in [0.15, 0.2) is 0 Å². The number of nitrogens with one attached hydrogen (secondary N) is 1. The van der Waals surface area contributed by atoms with Gasteiger partial charge in [-0.05, 0) is 30.9 Å². The SMILES string of the molecule is CC(C)CC(=O)N1CCC(NC(=O)COCCOc2ccccc2)CC1. The van der Waals surface area contributed by atoms with Crippen molar-refractivity contribution in [1.82, 2.24) is 10.2 Å². The molecule has 0 aliphatic carbocycles. The van der Waals surface area contributed by atoms with E-state index >= 15 is 0 Å². The molecule has 2 rings (SSSR count). The first kappa shape index (κ1) is 20.2. The Morgan fingerprint density at radius 3 is 2.50 bits per heavy atom. The molecular formula is C20H30N2O4. The third-order valence-corrected chi connectivity index (χ3v) is 4.27.